The second kappa shape index (κ2) is 11.4. The van der Waals surface area contributed by atoms with Crippen molar-refractivity contribution < 1.29 is 18.3 Å². The molecule has 0 spiro atoms. The molecular formula is C29H32ClF2N5O2. The Morgan fingerprint density at radius 2 is 2.10 bits per heavy atom. The van der Waals surface area contributed by atoms with Crippen molar-refractivity contribution >= 4 is 34.2 Å². The minimum absolute atomic E-state index is 0.0468. The summed E-state index contributed by atoms with van der Waals surface area (Å²) >= 11 is 6.73. The van der Waals surface area contributed by atoms with Gasteiger partial charge in [0, 0.05) is 30.1 Å². The highest BCUT2D eigenvalue weighted by atomic mass is 35.5. The third-order valence-electron chi connectivity index (χ3n) is 7.55. The maximum absolute atomic E-state index is 16.4. The number of likely N-dealkylation sites (N-methyl/N-ethyl adjacent to an activating group) is 1. The molecule has 2 aromatic carbocycles. The van der Waals surface area contributed by atoms with Gasteiger partial charge in [0.15, 0.2) is 11.6 Å². The van der Waals surface area contributed by atoms with E-state index in [0.29, 0.717) is 29.3 Å². The predicted molar refractivity (Wildman–Crippen MR) is 149 cm³/mol. The van der Waals surface area contributed by atoms with Gasteiger partial charge in [0.25, 0.3) is 5.91 Å². The van der Waals surface area contributed by atoms with Gasteiger partial charge in [-0.2, -0.15) is 9.97 Å². The van der Waals surface area contributed by atoms with Gasteiger partial charge in [0.2, 0.25) is 0 Å². The molecule has 2 N–H and O–H groups in total. The standard InChI is InChI=1S/C29H32ClF2N5O2/c1-16-12-18-6-4-8-20(21(18)13-16)24-23(30)14-22-26(25(24)32)35-29(39-15-19-7-5-11-37(19)3)36-27(22)33-9-10-34-28(38)17(2)31/h4,6,8,14,16,19H,2,5,7,9-13,15H2,1,3H3,(H,34,38)(H,33,35,36)/t16?,19-/m0/s1. The number of aromatic nitrogens is 2. The summed E-state index contributed by atoms with van der Waals surface area (Å²) in [5.74, 6) is -1.72. The van der Waals surface area contributed by atoms with Gasteiger partial charge >= 0.3 is 6.01 Å². The minimum atomic E-state index is -1.07. The van der Waals surface area contributed by atoms with Gasteiger partial charge < -0.3 is 20.3 Å². The first-order valence-electron chi connectivity index (χ1n) is 13.2. The molecule has 1 aliphatic carbocycles. The van der Waals surface area contributed by atoms with Crippen LogP contribution in [0.4, 0.5) is 14.6 Å². The van der Waals surface area contributed by atoms with E-state index < -0.39 is 17.6 Å². The molecule has 2 aliphatic rings. The van der Waals surface area contributed by atoms with E-state index >= 15 is 4.39 Å². The fraction of sp³-hybridized carbons (Fsp3) is 0.414. The quantitative estimate of drug-likeness (QED) is 0.275. The normalized spacial score (nSPS) is 18.8. The molecule has 1 unspecified atom stereocenters. The van der Waals surface area contributed by atoms with Crippen LogP contribution in [0.2, 0.25) is 5.02 Å². The van der Waals surface area contributed by atoms with E-state index in [-0.39, 0.29) is 35.7 Å². The number of halogens is 3. The van der Waals surface area contributed by atoms with Crippen LogP contribution in [-0.2, 0) is 17.6 Å². The number of hydrogen-bond acceptors (Lipinski definition) is 6. The van der Waals surface area contributed by atoms with E-state index in [1.54, 1.807) is 6.07 Å². The van der Waals surface area contributed by atoms with Crippen LogP contribution in [-0.4, -0.2) is 60.1 Å². The summed E-state index contributed by atoms with van der Waals surface area (Å²) in [6.45, 7) is 6.83. The molecule has 1 aliphatic heterocycles. The second-order valence-electron chi connectivity index (χ2n) is 10.4. The first kappa shape index (κ1) is 27.3. The van der Waals surface area contributed by atoms with Gasteiger partial charge in [-0.25, -0.2) is 8.78 Å². The van der Waals surface area contributed by atoms with Gasteiger partial charge in [-0.3, -0.25) is 4.79 Å². The number of ether oxygens (including phenoxy) is 1. The zero-order valence-corrected chi connectivity index (χ0v) is 22.9. The average molecular weight is 556 g/mol. The van der Waals surface area contributed by atoms with Crippen LogP contribution >= 0.6 is 11.6 Å². The molecule has 1 fully saturated rings. The molecule has 206 valence electrons. The molecule has 1 aromatic heterocycles. The third kappa shape index (κ3) is 5.70. The maximum Gasteiger partial charge on any atom is 0.319 e. The van der Waals surface area contributed by atoms with Crippen molar-refractivity contribution in [1.82, 2.24) is 20.2 Å². The van der Waals surface area contributed by atoms with Crippen molar-refractivity contribution in [3.8, 4) is 17.1 Å². The molecule has 0 bridgehead atoms. The van der Waals surface area contributed by atoms with Gasteiger partial charge in [0.05, 0.1) is 5.02 Å². The van der Waals surface area contributed by atoms with E-state index in [4.69, 9.17) is 16.3 Å². The monoisotopic (exact) mass is 555 g/mol. The highest BCUT2D eigenvalue weighted by molar-refractivity contribution is 6.34. The van der Waals surface area contributed by atoms with Crippen LogP contribution in [0.5, 0.6) is 6.01 Å². The zero-order chi connectivity index (χ0) is 27.7. The average Bonchev–Trinajstić information content (AvgIpc) is 3.49. The number of likely N-dealkylation sites (tertiary alicyclic amines) is 1. The largest absolute Gasteiger partial charge is 0.462 e. The Kier molecular flexibility index (Phi) is 8.00. The Balaban J connectivity index is 1.52. The Labute approximate surface area is 231 Å². The second-order valence-corrected chi connectivity index (χ2v) is 10.8. The summed E-state index contributed by atoms with van der Waals surface area (Å²) in [5, 5.41) is 6.13. The number of nitrogens with one attached hydrogen (secondary N) is 2. The molecule has 2 heterocycles. The number of fused-ring (bicyclic) bond motifs is 2. The van der Waals surface area contributed by atoms with Gasteiger partial charge in [-0.05, 0) is 68.0 Å². The summed E-state index contributed by atoms with van der Waals surface area (Å²) in [7, 11) is 2.04. The number of amides is 1. The van der Waals surface area contributed by atoms with Crippen LogP contribution in [0.1, 0.15) is 30.9 Å². The fourth-order valence-electron chi connectivity index (χ4n) is 5.53. The van der Waals surface area contributed by atoms with Crippen LogP contribution < -0.4 is 15.4 Å². The summed E-state index contributed by atoms with van der Waals surface area (Å²) in [6.07, 6.45) is 3.89. The van der Waals surface area contributed by atoms with Crippen molar-refractivity contribution in [1.29, 1.82) is 0 Å². The van der Waals surface area contributed by atoms with E-state index in [2.05, 4.69) is 45.1 Å². The van der Waals surface area contributed by atoms with Crippen molar-refractivity contribution in [3.05, 3.63) is 58.6 Å². The number of rotatable bonds is 9. The predicted octanol–water partition coefficient (Wildman–Crippen LogP) is 5.31. The molecule has 5 rings (SSSR count). The van der Waals surface area contributed by atoms with Gasteiger partial charge in [0.1, 0.15) is 17.9 Å². The Morgan fingerprint density at radius 3 is 2.85 bits per heavy atom. The molecule has 3 aromatic rings. The van der Waals surface area contributed by atoms with E-state index in [0.717, 1.165) is 43.4 Å². The summed E-state index contributed by atoms with van der Waals surface area (Å²) in [6, 6.07) is 7.86. The third-order valence-corrected chi connectivity index (χ3v) is 7.85. The van der Waals surface area contributed by atoms with Crippen LogP contribution in [0, 0.1) is 11.7 Å². The SMILES string of the molecule is C=C(F)C(=O)NCCNc1nc(OC[C@@H]2CCCN2C)nc2c(F)c(-c3cccc4c3CC(C)C4)c(Cl)cc12. The summed E-state index contributed by atoms with van der Waals surface area (Å²) < 4.78 is 35.3. The Hall–Kier alpha value is -3.30. The number of benzene rings is 2. The van der Waals surface area contributed by atoms with Crippen LogP contribution in [0.15, 0.2) is 36.7 Å². The maximum atomic E-state index is 16.4. The number of carbonyl (C=O) groups is 1. The molecule has 39 heavy (non-hydrogen) atoms. The highest BCUT2D eigenvalue weighted by Crippen LogP contribution is 2.42. The lowest BCUT2D eigenvalue weighted by Gasteiger charge is -2.20. The number of carbonyl (C=O) groups excluding carboxylic acids is 1. The molecule has 1 saturated heterocycles. The van der Waals surface area contributed by atoms with E-state index in [1.165, 1.54) is 5.56 Å². The van der Waals surface area contributed by atoms with Crippen molar-refractivity contribution in [2.24, 2.45) is 5.92 Å². The Bertz CT molecular complexity index is 1430. The number of hydrogen-bond donors (Lipinski definition) is 2. The van der Waals surface area contributed by atoms with Crippen LogP contribution in [0.25, 0.3) is 22.0 Å². The summed E-state index contributed by atoms with van der Waals surface area (Å²) in [5.41, 5.74) is 3.51. The first-order valence-corrected chi connectivity index (χ1v) is 13.6. The zero-order valence-electron chi connectivity index (χ0n) is 22.1. The van der Waals surface area contributed by atoms with E-state index in [1.807, 2.05) is 19.2 Å². The molecule has 2 atom stereocenters. The molecule has 1 amide bonds. The molecule has 7 nitrogen and oxygen atoms in total. The smallest absolute Gasteiger partial charge is 0.319 e. The van der Waals surface area contributed by atoms with E-state index in [9.17, 15) is 9.18 Å². The number of nitrogens with zero attached hydrogens (tertiary/aromatic N) is 3. The molecule has 0 saturated carbocycles. The van der Waals surface area contributed by atoms with Gasteiger partial charge in [-0.1, -0.05) is 43.3 Å². The number of anilines is 1. The lowest BCUT2D eigenvalue weighted by molar-refractivity contribution is -0.118. The van der Waals surface area contributed by atoms with Crippen LogP contribution in [0.3, 0.4) is 0 Å². The fourth-order valence-corrected chi connectivity index (χ4v) is 5.83. The molecule has 10 heteroatoms. The van der Waals surface area contributed by atoms with Crippen molar-refractivity contribution in [2.75, 3.05) is 38.6 Å². The lowest BCUT2D eigenvalue weighted by Crippen LogP contribution is -2.31. The highest BCUT2D eigenvalue weighted by Gasteiger charge is 2.27. The Morgan fingerprint density at radius 1 is 1.28 bits per heavy atom. The van der Waals surface area contributed by atoms with Crippen molar-refractivity contribution in [3.63, 3.8) is 0 Å². The minimum Gasteiger partial charge on any atom is -0.462 e. The summed E-state index contributed by atoms with van der Waals surface area (Å²) in [4.78, 5) is 22.7. The van der Waals surface area contributed by atoms with Gasteiger partial charge in [-0.15, -0.1) is 0 Å². The topological polar surface area (TPSA) is 79.4 Å². The first-order chi connectivity index (χ1) is 18.7. The molecule has 0 radical (unpaired) electrons. The van der Waals surface area contributed by atoms with Crippen molar-refractivity contribution in [2.45, 2.75) is 38.6 Å². The lowest BCUT2D eigenvalue weighted by atomic mass is 9.95. The molecular weight excluding hydrogens is 524 g/mol.